The lowest BCUT2D eigenvalue weighted by Gasteiger charge is -2.14. The van der Waals surface area contributed by atoms with E-state index in [2.05, 4.69) is 10.3 Å². The Morgan fingerprint density at radius 3 is 2.94 bits per heavy atom. The normalized spacial score (nSPS) is 12.6. The summed E-state index contributed by atoms with van der Waals surface area (Å²) in [5.74, 6) is -0.203. The standard InChI is InChI=1S/C12H13FN2S2/c1-8(14-2)10-7-9(13)3-4-11(10)17-12-15-5-6-16-12/h3-8,14H,1-2H3. The topological polar surface area (TPSA) is 24.9 Å². The number of aromatic nitrogens is 1. The summed E-state index contributed by atoms with van der Waals surface area (Å²) >= 11 is 3.16. The van der Waals surface area contributed by atoms with Crippen LogP contribution in [0.1, 0.15) is 18.5 Å². The molecule has 0 aliphatic heterocycles. The summed E-state index contributed by atoms with van der Waals surface area (Å²) < 4.78 is 14.2. The smallest absolute Gasteiger partial charge is 0.154 e. The van der Waals surface area contributed by atoms with Crippen LogP contribution < -0.4 is 5.32 Å². The molecule has 2 nitrogen and oxygen atoms in total. The molecule has 0 bridgehead atoms. The average molecular weight is 268 g/mol. The first-order valence-electron chi connectivity index (χ1n) is 5.24. The van der Waals surface area contributed by atoms with E-state index >= 15 is 0 Å². The van der Waals surface area contributed by atoms with Crippen LogP contribution in [0.2, 0.25) is 0 Å². The Labute approximate surface area is 108 Å². The molecule has 0 saturated heterocycles. The van der Waals surface area contributed by atoms with Gasteiger partial charge in [0.25, 0.3) is 0 Å². The lowest BCUT2D eigenvalue weighted by atomic mass is 10.1. The van der Waals surface area contributed by atoms with E-state index in [0.717, 1.165) is 14.8 Å². The molecule has 0 saturated carbocycles. The van der Waals surface area contributed by atoms with Gasteiger partial charge in [-0.3, -0.25) is 0 Å². The molecule has 1 unspecified atom stereocenters. The highest BCUT2D eigenvalue weighted by Gasteiger charge is 2.12. The summed E-state index contributed by atoms with van der Waals surface area (Å²) in [6, 6.07) is 5.00. The number of hydrogen-bond acceptors (Lipinski definition) is 4. The van der Waals surface area contributed by atoms with Gasteiger partial charge in [0.1, 0.15) is 5.82 Å². The molecule has 90 valence electrons. The van der Waals surface area contributed by atoms with Crippen molar-refractivity contribution in [2.24, 2.45) is 0 Å². The van der Waals surface area contributed by atoms with Gasteiger partial charge in [-0.1, -0.05) is 11.8 Å². The molecule has 0 radical (unpaired) electrons. The fourth-order valence-corrected chi connectivity index (χ4v) is 3.24. The molecule has 1 N–H and O–H groups in total. The second-order valence-electron chi connectivity index (χ2n) is 3.59. The van der Waals surface area contributed by atoms with Crippen LogP contribution in [-0.2, 0) is 0 Å². The molecule has 1 atom stereocenters. The third kappa shape index (κ3) is 3.06. The van der Waals surface area contributed by atoms with Gasteiger partial charge in [0.2, 0.25) is 0 Å². The van der Waals surface area contributed by atoms with E-state index in [0.29, 0.717) is 0 Å². The van der Waals surface area contributed by atoms with E-state index in [9.17, 15) is 4.39 Å². The number of hydrogen-bond donors (Lipinski definition) is 1. The summed E-state index contributed by atoms with van der Waals surface area (Å²) in [5, 5.41) is 5.07. The molecule has 1 aromatic heterocycles. The van der Waals surface area contributed by atoms with Crippen molar-refractivity contribution in [3.8, 4) is 0 Å². The van der Waals surface area contributed by atoms with E-state index in [1.807, 2.05) is 25.4 Å². The minimum absolute atomic E-state index is 0.119. The number of halogens is 1. The average Bonchev–Trinajstić information content (AvgIpc) is 2.83. The van der Waals surface area contributed by atoms with Gasteiger partial charge in [-0.25, -0.2) is 9.37 Å². The molecular formula is C12H13FN2S2. The lowest BCUT2D eigenvalue weighted by Crippen LogP contribution is -2.13. The SMILES string of the molecule is CNC(C)c1cc(F)ccc1Sc1nccs1. The van der Waals surface area contributed by atoms with Gasteiger partial charge in [0.05, 0.1) is 0 Å². The molecule has 0 aliphatic rings. The maximum Gasteiger partial charge on any atom is 0.154 e. The fourth-order valence-electron chi connectivity index (χ4n) is 1.46. The van der Waals surface area contributed by atoms with Crippen molar-refractivity contribution in [1.29, 1.82) is 0 Å². The van der Waals surface area contributed by atoms with Crippen LogP contribution in [0.4, 0.5) is 4.39 Å². The first-order chi connectivity index (χ1) is 8.20. The Hall–Kier alpha value is -0.910. The summed E-state index contributed by atoms with van der Waals surface area (Å²) in [5.41, 5.74) is 0.965. The second kappa shape index (κ2) is 5.62. The van der Waals surface area contributed by atoms with Crippen molar-refractivity contribution in [3.05, 3.63) is 41.2 Å². The highest BCUT2D eigenvalue weighted by molar-refractivity contribution is 8.01. The summed E-state index contributed by atoms with van der Waals surface area (Å²) in [7, 11) is 1.87. The highest BCUT2D eigenvalue weighted by atomic mass is 32.2. The van der Waals surface area contributed by atoms with Crippen LogP contribution in [0.3, 0.4) is 0 Å². The molecule has 17 heavy (non-hydrogen) atoms. The zero-order valence-corrected chi connectivity index (χ0v) is 11.2. The van der Waals surface area contributed by atoms with Gasteiger partial charge in [-0.15, -0.1) is 11.3 Å². The third-order valence-electron chi connectivity index (χ3n) is 2.48. The predicted octanol–water partition coefficient (Wildman–Crippen LogP) is 3.71. The first kappa shape index (κ1) is 12.5. The van der Waals surface area contributed by atoms with Crippen LogP contribution in [-0.4, -0.2) is 12.0 Å². The van der Waals surface area contributed by atoms with Crippen molar-refractivity contribution in [2.75, 3.05) is 7.05 Å². The Morgan fingerprint density at radius 2 is 2.29 bits per heavy atom. The quantitative estimate of drug-likeness (QED) is 0.915. The molecule has 2 rings (SSSR count). The second-order valence-corrected chi connectivity index (χ2v) is 5.78. The van der Waals surface area contributed by atoms with Gasteiger partial charge in [0.15, 0.2) is 4.34 Å². The Morgan fingerprint density at radius 1 is 1.47 bits per heavy atom. The number of thiazole rings is 1. The Kier molecular flexibility index (Phi) is 4.15. The molecule has 0 amide bonds. The van der Waals surface area contributed by atoms with Crippen molar-refractivity contribution >= 4 is 23.1 Å². The highest BCUT2D eigenvalue weighted by Crippen LogP contribution is 2.34. The number of benzene rings is 1. The molecule has 5 heteroatoms. The first-order valence-corrected chi connectivity index (χ1v) is 6.94. The molecule has 0 aliphatic carbocycles. The van der Waals surface area contributed by atoms with E-state index in [1.165, 1.54) is 6.07 Å². The van der Waals surface area contributed by atoms with Crippen LogP contribution in [0.5, 0.6) is 0 Å². The maximum atomic E-state index is 13.3. The van der Waals surface area contributed by atoms with Gasteiger partial charge in [-0.2, -0.15) is 0 Å². The predicted molar refractivity (Wildman–Crippen MR) is 70.1 cm³/mol. The molecule has 0 fully saturated rings. The monoisotopic (exact) mass is 268 g/mol. The largest absolute Gasteiger partial charge is 0.313 e. The van der Waals surface area contributed by atoms with E-state index in [1.54, 1.807) is 35.4 Å². The van der Waals surface area contributed by atoms with E-state index in [4.69, 9.17) is 0 Å². The minimum atomic E-state index is -0.203. The van der Waals surface area contributed by atoms with E-state index in [-0.39, 0.29) is 11.9 Å². The number of rotatable bonds is 4. The molecule has 2 aromatic rings. The Bertz CT molecular complexity index is 485. The molecule has 1 aromatic carbocycles. The molecule has 1 heterocycles. The van der Waals surface area contributed by atoms with Gasteiger partial charge in [0, 0.05) is 22.5 Å². The van der Waals surface area contributed by atoms with Crippen molar-refractivity contribution < 1.29 is 4.39 Å². The van der Waals surface area contributed by atoms with Crippen LogP contribution >= 0.6 is 23.1 Å². The Balaban J connectivity index is 2.32. The summed E-state index contributed by atoms with van der Waals surface area (Å²) in [6.45, 7) is 2.01. The fraction of sp³-hybridized carbons (Fsp3) is 0.250. The van der Waals surface area contributed by atoms with Crippen molar-refractivity contribution in [3.63, 3.8) is 0 Å². The van der Waals surface area contributed by atoms with Gasteiger partial charge in [-0.05, 0) is 37.7 Å². The maximum absolute atomic E-state index is 13.3. The van der Waals surface area contributed by atoms with Gasteiger partial charge < -0.3 is 5.32 Å². The summed E-state index contributed by atoms with van der Waals surface area (Å²) in [4.78, 5) is 5.27. The van der Waals surface area contributed by atoms with Crippen molar-refractivity contribution in [2.45, 2.75) is 22.2 Å². The van der Waals surface area contributed by atoms with Crippen molar-refractivity contribution in [1.82, 2.24) is 10.3 Å². The number of nitrogens with zero attached hydrogens (tertiary/aromatic N) is 1. The number of nitrogens with one attached hydrogen (secondary N) is 1. The summed E-state index contributed by atoms with van der Waals surface area (Å²) in [6.07, 6.45) is 1.78. The zero-order valence-electron chi connectivity index (χ0n) is 9.61. The van der Waals surface area contributed by atoms with Crippen LogP contribution in [0.25, 0.3) is 0 Å². The molecule has 0 spiro atoms. The molecular weight excluding hydrogens is 255 g/mol. The minimum Gasteiger partial charge on any atom is -0.313 e. The third-order valence-corrected chi connectivity index (χ3v) is 4.45. The van der Waals surface area contributed by atoms with Gasteiger partial charge >= 0.3 is 0 Å². The zero-order chi connectivity index (χ0) is 12.3. The van der Waals surface area contributed by atoms with Crippen LogP contribution in [0.15, 0.2) is 39.0 Å². The lowest BCUT2D eigenvalue weighted by molar-refractivity contribution is 0.601. The van der Waals surface area contributed by atoms with Crippen LogP contribution in [0, 0.1) is 5.82 Å². The van der Waals surface area contributed by atoms with E-state index < -0.39 is 0 Å².